The summed E-state index contributed by atoms with van der Waals surface area (Å²) in [4.78, 5) is 13.4. The Hall–Kier alpha value is -3.50. The number of hydrogen-bond donors (Lipinski definition) is 0. The monoisotopic (exact) mass is 634 g/mol. The number of rotatable bonds is 3. The SMILES string of the molecule is [Ir].[c-]1ccccc1-c1cc(-c2nc3ccccc3s2)ccn1.[c-]1ccccc1-c1ccccn1. The molecule has 3 heterocycles. The molecule has 0 aliphatic carbocycles. The molecule has 0 aliphatic heterocycles. The maximum atomic E-state index is 4.70. The minimum atomic E-state index is 0. The maximum absolute atomic E-state index is 4.70. The van der Waals surface area contributed by atoms with E-state index in [1.54, 1.807) is 17.5 Å². The number of pyridine rings is 2. The molecule has 0 fully saturated rings. The van der Waals surface area contributed by atoms with E-state index >= 15 is 0 Å². The predicted molar refractivity (Wildman–Crippen MR) is 136 cm³/mol. The van der Waals surface area contributed by atoms with Crippen LogP contribution in [0.5, 0.6) is 0 Å². The van der Waals surface area contributed by atoms with Gasteiger partial charge in [0.05, 0.1) is 10.2 Å². The summed E-state index contributed by atoms with van der Waals surface area (Å²) in [7, 11) is 0. The fraction of sp³-hybridized carbons (Fsp3) is 0. The number of fused-ring (bicyclic) bond motifs is 1. The van der Waals surface area contributed by atoms with Crippen LogP contribution in [0.25, 0.3) is 43.3 Å². The molecule has 0 saturated carbocycles. The Morgan fingerprint density at radius 2 is 1.29 bits per heavy atom. The number of benzene rings is 3. The van der Waals surface area contributed by atoms with Crippen LogP contribution < -0.4 is 0 Å². The van der Waals surface area contributed by atoms with Crippen LogP contribution in [-0.2, 0) is 20.1 Å². The maximum Gasteiger partial charge on any atom is 0.123 e. The van der Waals surface area contributed by atoms with Gasteiger partial charge in [0, 0.05) is 38.1 Å². The molecule has 3 aromatic heterocycles. The second-order valence-corrected chi connectivity index (χ2v) is 8.21. The van der Waals surface area contributed by atoms with Crippen LogP contribution in [-0.4, -0.2) is 15.0 Å². The van der Waals surface area contributed by atoms with Crippen LogP contribution in [0.4, 0.5) is 0 Å². The molecule has 6 aromatic rings. The zero-order valence-corrected chi connectivity index (χ0v) is 21.3. The van der Waals surface area contributed by atoms with Crippen molar-refractivity contribution in [3.63, 3.8) is 0 Å². The molecule has 0 bridgehead atoms. The Labute approximate surface area is 216 Å². The van der Waals surface area contributed by atoms with Gasteiger partial charge >= 0.3 is 0 Å². The van der Waals surface area contributed by atoms with Gasteiger partial charge in [-0.25, -0.2) is 4.98 Å². The molecular weight excluding hydrogens is 615 g/mol. The van der Waals surface area contributed by atoms with Gasteiger partial charge in [0.1, 0.15) is 5.01 Å². The van der Waals surface area contributed by atoms with Crippen molar-refractivity contribution in [1.29, 1.82) is 0 Å². The largest absolute Gasteiger partial charge is 0.305 e. The summed E-state index contributed by atoms with van der Waals surface area (Å²) in [6.07, 6.45) is 3.62. The minimum Gasteiger partial charge on any atom is -0.305 e. The molecule has 34 heavy (non-hydrogen) atoms. The predicted octanol–water partition coefficient (Wildman–Crippen LogP) is 7.37. The van der Waals surface area contributed by atoms with Crippen LogP contribution in [0.3, 0.4) is 0 Å². The van der Waals surface area contributed by atoms with E-state index in [1.807, 2.05) is 97.2 Å². The summed E-state index contributed by atoms with van der Waals surface area (Å²) in [6.45, 7) is 0. The summed E-state index contributed by atoms with van der Waals surface area (Å²) < 4.78 is 1.21. The molecule has 6 rings (SSSR count). The Kier molecular flexibility index (Phi) is 8.05. The van der Waals surface area contributed by atoms with Crippen molar-refractivity contribution < 1.29 is 20.1 Å². The summed E-state index contributed by atoms with van der Waals surface area (Å²) in [5.74, 6) is 0. The molecule has 0 atom stereocenters. The van der Waals surface area contributed by atoms with E-state index in [0.29, 0.717) is 0 Å². The van der Waals surface area contributed by atoms with Crippen molar-refractivity contribution in [3.8, 4) is 33.1 Å². The molecule has 1 radical (unpaired) electrons. The van der Waals surface area contributed by atoms with E-state index in [-0.39, 0.29) is 20.1 Å². The molecular formula is C29H19IrN3S-2. The Balaban J connectivity index is 0.000000180. The minimum absolute atomic E-state index is 0. The van der Waals surface area contributed by atoms with Gasteiger partial charge in [0.15, 0.2) is 0 Å². The molecule has 167 valence electrons. The van der Waals surface area contributed by atoms with Crippen LogP contribution >= 0.6 is 11.3 Å². The normalized spacial score (nSPS) is 10.1. The van der Waals surface area contributed by atoms with Gasteiger partial charge in [0.2, 0.25) is 0 Å². The molecule has 5 heteroatoms. The van der Waals surface area contributed by atoms with Crippen LogP contribution in [0, 0.1) is 12.1 Å². The topological polar surface area (TPSA) is 38.7 Å². The third-order valence-corrected chi connectivity index (χ3v) is 6.02. The zero-order valence-electron chi connectivity index (χ0n) is 18.1. The first-order valence-corrected chi connectivity index (χ1v) is 11.4. The van der Waals surface area contributed by atoms with E-state index in [4.69, 9.17) is 4.98 Å². The van der Waals surface area contributed by atoms with E-state index in [1.165, 1.54) is 4.70 Å². The molecule has 0 amide bonds. The van der Waals surface area contributed by atoms with Gasteiger partial charge in [-0.15, -0.1) is 83.1 Å². The molecule has 0 aliphatic rings. The molecule has 0 unspecified atom stereocenters. The van der Waals surface area contributed by atoms with Gasteiger partial charge in [-0.2, -0.15) is 0 Å². The fourth-order valence-electron chi connectivity index (χ4n) is 3.33. The van der Waals surface area contributed by atoms with Crippen LogP contribution in [0.15, 0.2) is 116 Å². The quantitative estimate of drug-likeness (QED) is 0.191. The van der Waals surface area contributed by atoms with E-state index in [2.05, 4.69) is 34.2 Å². The molecule has 3 aromatic carbocycles. The van der Waals surface area contributed by atoms with E-state index in [9.17, 15) is 0 Å². The van der Waals surface area contributed by atoms with Gasteiger partial charge < -0.3 is 9.97 Å². The average molecular weight is 634 g/mol. The fourth-order valence-corrected chi connectivity index (χ4v) is 4.30. The van der Waals surface area contributed by atoms with Gasteiger partial charge in [-0.3, -0.25) is 0 Å². The van der Waals surface area contributed by atoms with Gasteiger partial charge in [0.25, 0.3) is 0 Å². The van der Waals surface area contributed by atoms with Crippen LogP contribution in [0.1, 0.15) is 0 Å². The summed E-state index contributed by atoms with van der Waals surface area (Å²) >= 11 is 1.71. The van der Waals surface area contributed by atoms with Crippen molar-refractivity contribution in [2.24, 2.45) is 0 Å². The van der Waals surface area contributed by atoms with Crippen molar-refractivity contribution in [3.05, 3.63) is 128 Å². The van der Waals surface area contributed by atoms with Gasteiger partial charge in [-0.05, 0) is 35.7 Å². The Bertz CT molecular complexity index is 1380. The molecule has 0 saturated heterocycles. The molecule has 0 N–H and O–H groups in total. The summed E-state index contributed by atoms with van der Waals surface area (Å²) in [6, 6.07) is 40.2. The summed E-state index contributed by atoms with van der Waals surface area (Å²) in [5, 5.41) is 1.02. The number of aromatic nitrogens is 3. The van der Waals surface area contributed by atoms with Crippen molar-refractivity contribution in [2.45, 2.75) is 0 Å². The standard InChI is InChI=1S/C18H11N2S.C11H8N.Ir/c1-2-6-13(7-3-1)16-12-14(10-11-19-16)18-20-15-8-4-5-9-17(15)21-18;1-2-6-10(7-3-1)11-8-4-5-9-12-11;/h1-6,8-12H;1-6,8-9H;/q2*-1;. The number of hydrogen-bond acceptors (Lipinski definition) is 4. The number of para-hydroxylation sites is 1. The van der Waals surface area contributed by atoms with Crippen LogP contribution in [0.2, 0.25) is 0 Å². The molecule has 0 spiro atoms. The average Bonchev–Trinajstić information content (AvgIpc) is 3.35. The Morgan fingerprint density at radius 1 is 0.618 bits per heavy atom. The third-order valence-electron chi connectivity index (χ3n) is 4.94. The first-order chi connectivity index (χ1) is 16.4. The number of thiazole rings is 1. The van der Waals surface area contributed by atoms with Crippen molar-refractivity contribution in [2.75, 3.05) is 0 Å². The van der Waals surface area contributed by atoms with Gasteiger partial charge in [-0.1, -0.05) is 30.3 Å². The van der Waals surface area contributed by atoms with E-state index in [0.717, 1.165) is 38.6 Å². The van der Waals surface area contributed by atoms with E-state index < -0.39 is 0 Å². The first-order valence-electron chi connectivity index (χ1n) is 10.5. The zero-order chi connectivity index (χ0) is 22.3. The second kappa shape index (κ2) is 11.6. The summed E-state index contributed by atoms with van der Waals surface area (Å²) in [5.41, 5.74) is 6.07. The smallest absolute Gasteiger partial charge is 0.123 e. The number of nitrogens with zero attached hydrogens (tertiary/aromatic N) is 3. The van der Waals surface area contributed by atoms with Crippen molar-refractivity contribution in [1.82, 2.24) is 15.0 Å². The third kappa shape index (κ3) is 5.70. The second-order valence-electron chi connectivity index (χ2n) is 7.18. The Morgan fingerprint density at radius 3 is 1.97 bits per heavy atom. The van der Waals surface area contributed by atoms with Crippen molar-refractivity contribution >= 4 is 21.6 Å². The molecule has 3 nitrogen and oxygen atoms in total. The first kappa shape index (κ1) is 23.7.